The Hall–Kier alpha value is -1.65. The molecule has 1 aromatic heterocycles. The van der Waals surface area contributed by atoms with Gasteiger partial charge >= 0.3 is 5.97 Å². The van der Waals surface area contributed by atoms with E-state index in [9.17, 15) is 9.90 Å². The van der Waals surface area contributed by atoms with Gasteiger partial charge in [-0.05, 0) is 19.3 Å². The number of anilines is 1. The highest BCUT2D eigenvalue weighted by Gasteiger charge is 2.17. The van der Waals surface area contributed by atoms with Gasteiger partial charge in [0.2, 0.25) is 0 Å². The van der Waals surface area contributed by atoms with Crippen molar-refractivity contribution in [3.05, 3.63) is 17.7 Å². The molecule has 5 heteroatoms. The molecule has 1 atom stereocenters. The summed E-state index contributed by atoms with van der Waals surface area (Å²) in [6.45, 7) is 10.4. The van der Waals surface area contributed by atoms with Crippen LogP contribution in [-0.2, 0) is 0 Å². The second-order valence-corrected chi connectivity index (χ2v) is 6.32. The number of hydrogen-bond donors (Lipinski definition) is 2. The molecule has 1 heterocycles. The molecule has 0 saturated heterocycles. The molecule has 0 bridgehead atoms. The highest BCUT2D eigenvalue weighted by atomic mass is 16.4. The lowest BCUT2D eigenvalue weighted by molar-refractivity contribution is 0.0691. The van der Waals surface area contributed by atoms with E-state index in [1.807, 2.05) is 13.8 Å². The normalized spacial score (nSPS) is 12.7. The van der Waals surface area contributed by atoms with Crippen molar-refractivity contribution in [2.45, 2.75) is 65.8 Å². The molecule has 5 nitrogen and oxygen atoms in total. The second kappa shape index (κ2) is 7.96. The summed E-state index contributed by atoms with van der Waals surface area (Å²) in [7, 11) is 0. The molecule has 0 saturated carbocycles. The largest absolute Gasteiger partial charge is 0.476 e. The van der Waals surface area contributed by atoms with Crippen LogP contribution in [0.15, 0.2) is 6.20 Å². The van der Waals surface area contributed by atoms with Crippen LogP contribution in [0.3, 0.4) is 0 Å². The lowest BCUT2D eigenvalue weighted by Crippen LogP contribution is -2.19. The van der Waals surface area contributed by atoms with Crippen LogP contribution in [0.5, 0.6) is 0 Å². The van der Waals surface area contributed by atoms with Crippen molar-refractivity contribution >= 4 is 11.7 Å². The molecule has 1 aromatic rings. The van der Waals surface area contributed by atoms with Gasteiger partial charge in [0, 0.05) is 12.0 Å². The number of nitrogens with zero attached hydrogens (tertiary/aromatic N) is 2. The Balaban J connectivity index is 2.75. The summed E-state index contributed by atoms with van der Waals surface area (Å²) in [6.07, 6.45) is 4.90. The number of hydrogen-bond acceptors (Lipinski definition) is 4. The molecule has 118 valence electrons. The molecule has 0 aliphatic heterocycles. The van der Waals surface area contributed by atoms with Gasteiger partial charge in [-0.3, -0.25) is 0 Å². The molecule has 1 rings (SSSR count). The number of carboxylic acid groups (broad SMARTS) is 1. The zero-order valence-corrected chi connectivity index (χ0v) is 13.7. The first-order valence-corrected chi connectivity index (χ1v) is 7.68. The number of aromatic carboxylic acids is 1. The average Bonchev–Trinajstić information content (AvgIpc) is 2.38. The molecular formula is C16H27N3O2. The predicted octanol–water partition coefficient (Wildman–Crippen LogP) is 3.92. The number of aromatic nitrogens is 2. The summed E-state index contributed by atoms with van der Waals surface area (Å²) in [5, 5.41) is 12.5. The smallest absolute Gasteiger partial charge is 0.356 e. The van der Waals surface area contributed by atoms with Crippen molar-refractivity contribution in [3.63, 3.8) is 0 Å². The van der Waals surface area contributed by atoms with Gasteiger partial charge in [0.15, 0.2) is 5.69 Å². The van der Waals surface area contributed by atoms with Gasteiger partial charge in [-0.1, -0.05) is 40.5 Å². The van der Waals surface area contributed by atoms with E-state index in [4.69, 9.17) is 0 Å². The van der Waals surface area contributed by atoms with E-state index in [1.165, 1.54) is 6.42 Å². The van der Waals surface area contributed by atoms with Gasteiger partial charge in [-0.2, -0.15) is 0 Å². The molecule has 0 amide bonds. The fourth-order valence-corrected chi connectivity index (χ4v) is 2.11. The zero-order valence-electron chi connectivity index (χ0n) is 13.7. The summed E-state index contributed by atoms with van der Waals surface area (Å²) < 4.78 is 0. The summed E-state index contributed by atoms with van der Waals surface area (Å²) >= 11 is 0. The van der Waals surface area contributed by atoms with Gasteiger partial charge in [-0.15, -0.1) is 0 Å². The molecule has 0 radical (unpaired) electrons. The quantitative estimate of drug-likeness (QED) is 0.759. The molecule has 1 unspecified atom stereocenters. The Kier molecular flexibility index (Phi) is 6.59. The molecule has 0 aliphatic rings. The van der Waals surface area contributed by atoms with E-state index in [0.29, 0.717) is 17.4 Å². The number of rotatable bonds is 8. The van der Waals surface area contributed by atoms with Gasteiger partial charge in [0.1, 0.15) is 5.82 Å². The first-order chi connectivity index (χ1) is 9.81. The van der Waals surface area contributed by atoms with Crippen LogP contribution in [0, 0.1) is 5.92 Å². The Morgan fingerprint density at radius 2 is 1.90 bits per heavy atom. The third-order valence-electron chi connectivity index (χ3n) is 3.35. The molecule has 0 aliphatic carbocycles. The van der Waals surface area contributed by atoms with Crippen molar-refractivity contribution in [2.24, 2.45) is 5.92 Å². The summed E-state index contributed by atoms with van der Waals surface area (Å²) in [4.78, 5) is 19.8. The third kappa shape index (κ3) is 5.69. The van der Waals surface area contributed by atoms with Gasteiger partial charge in [-0.25, -0.2) is 14.8 Å². The highest BCUT2D eigenvalue weighted by Crippen LogP contribution is 2.19. The number of nitrogens with one attached hydrogen (secondary N) is 1. The Morgan fingerprint density at radius 3 is 2.43 bits per heavy atom. The molecule has 0 aromatic carbocycles. The van der Waals surface area contributed by atoms with E-state index in [-0.39, 0.29) is 17.7 Å². The van der Waals surface area contributed by atoms with Crippen LogP contribution in [0.4, 0.5) is 5.69 Å². The van der Waals surface area contributed by atoms with Crippen molar-refractivity contribution in [3.8, 4) is 0 Å². The minimum absolute atomic E-state index is 0.0596. The Labute approximate surface area is 127 Å². The van der Waals surface area contributed by atoms with Crippen LogP contribution in [0.2, 0.25) is 0 Å². The van der Waals surface area contributed by atoms with Crippen LogP contribution in [0.25, 0.3) is 0 Å². The molecular weight excluding hydrogens is 266 g/mol. The maximum Gasteiger partial charge on any atom is 0.356 e. The molecule has 0 spiro atoms. The van der Waals surface area contributed by atoms with E-state index in [2.05, 4.69) is 36.1 Å². The standard InChI is InChI=1S/C16H27N3O2/c1-10(2)7-6-8-12(5)18-13-9-17-15(11(3)4)19-14(13)16(20)21/h9-12,18H,6-8H2,1-5H3,(H,20,21). The van der Waals surface area contributed by atoms with Crippen molar-refractivity contribution in [1.29, 1.82) is 0 Å². The number of carboxylic acids is 1. The SMILES string of the molecule is CC(C)CCCC(C)Nc1cnc(C(C)C)nc1C(=O)O. The molecule has 2 N–H and O–H groups in total. The first-order valence-electron chi connectivity index (χ1n) is 7.68. The number of carbonyl (C=O) groups is 1. The maximum atomic E-state index is 11.4. The highest BCUT2D eigenvalue weighted by molar-refractivity contribution is 5.91. The van der Waals surface area contributed by atoms with Crippen molar-refractivity contribution in [1.82, 2.24) is 9.97 Å². The minimum Gasteiger partial charge on any atom is -0.476 e. The monoisotopic (exact) mass is 293 g/mol. The minimum atomic E-state index is -1.02. The lowest BCUT2D eigenvalue weighted by Gasteiger charge is -2.17. The van der Waals surface area contributed by atoms with E-state index in [0.717, 1.165) is 12.8 Å². The Morgan fingerprint density at radius 1 is 1.24 bits per heavy atom. The van der Waals surface area contributed by atoms with Crippen LogP contribution in [-0.4, -0.2) is 27.1 Å². The molecule has 21 heavy (non-hydrogen) atoms. The fourth-order valence-electron chi connectivity index (χ4n) is 2.11. The topological polar surface area (TPSA) is 75.1 Å². The van der Waals surface area contributed by atoms with Gasteiger partial charge in [0.25, 0.3) is 0 Å². The third-order valence-corrected chi connectivity index (χ3v) is 3.35. The van der Waals surface area contributed by atoms with Crippen molar-refractivity contribution < 1.29 is 9.90 Å². The Bertz CT molecular complexity index is 473. The van der Waals surface area contributed by atoms with Crippen molar-refractivity contribution in [2.75, 3.05) is 5.32 Å². The second-order valence-electron chi connectivity index (χ2n) is 6.32. The van der Waals surface area contributed by atoms with Crippen LogP contribution >= 0.6 is 0 Å². The lowest BCUT2D eigenvalue weighted by atomic mass is 10.0. The average molecular weight is 293 g/mol. The predicted molar refractivity (Wildman–Crippen MR) is 84.9 cm³/mol. The zero-order chi connectivity index (χ0) is 16.0. The summed E-state index contributed by atoms with van der Waals surface area (Å²) in [5.41, 5.74) is 0.563. The summed E-state index contributed by atoms with van der Waals surface area (Å²) in [6, 6.07) is 0.204. The van der Waals surface area contributed by atoms with Gasteiger partial charge in [0.05, 0.1) is 11.9 Å². The molecule has 0 fully saturated rings. The maximum absolute atomic E-state index is 11.4. The fraction of sp³-hybridized carbons (Fsp3) is 0.688. The first kappa shape index (κ1) is 17.4. The van der Waals surface area contributed by atoms with E-state index < -0.39 is 5.97 Å². The van der Waals surface area contributed by atoms with E-state index in [1.54, 1.807) is 6.20 Å². The van der Waals surface area contributed by atoms with Gasteiger partial charge < -0.3 is 10.4 Å². The van der Waals surface area contributed by atoms with Crippen LogP contribution in [0.1, 0.15) is 76.1 Å². The van der Waals surface area contributed by atoms with Crippen LogP contribution < -0.4 is 5.32 Å². The summed E-state index contributed by atoms with van der Waals surface area (Å²) in [5.74, 6) is 0.350. The van der Waals surface area contributed by atoms with E-state index >= 15 is 0 Å².